The lowest BCUT2D eigenvalue weighted by molar-refractivity contribution is 0.0368. The molecule has 2 atom stereocenters. The van der Waals surface area contributed by atoms with Crippen molar-refractivity contribution < 1.29 is 9.84 Å². The van der Waals surface area contributed by atoms with Crippen molar-refractivity contribution in [3.8, 4) is 0 Å². The molecule has 1 aromatic rings. The van der Waals surface area contributed by atoms with Crippen molar-refractivity contribution >= 4 is 53.1 Å². The molecule has 4 N–H and O–H groups in total. The molecular weight excluding hydrogens is 464 g/mol. The van der Waals surface area contributed by atoms with Crippen LogP contribution >= 0.6 is 47.2 Å². The van der Waals surface area contributed by atoms with Crippen molar-refractivity contribution in [1.29, 1.82) is 0 Å². The van der Waals surface area contributed by atoms with Crippen molar-refractivity contribution in [3.63, 3.8) is 0 Å². The summed E-state index contributed by atoms with van der Waals surface area (Å²) in [4.78, 5) is 4.13. The van der Waals surface area contributed by atoms with Gasteiger partial charge in [0.25, 0.3) is 0 Å². The highest BCUT2D eigenvalue weighted by molar-refractivity contribution is 14.0. The van der Waals surface area contributed by atoms with E-state index in [4.69, 9.17) is 33.7 Å². The molecule has 0 bridgehead atoms. The summed E-state index contributed by atoms with van der Waals surface area (Å²) < 4.78 is 5.42. The van der Waals surface area contributed by atoms with Crippen molar-refractivity contribution in [2.24, 2.45) is 16.6 Å². The normalized spacial score (nSPS) is 17.1. The molecule has 5 nitrogen and oxygen atoms in total. The van der Waals surface area contributed by atoms with E-state index in [0.717, 1.165) is 12.2 Å². The van der Waals surface area contributed by atoms with E-state index in [2.05, 4.69) is 10.3 Å². The summed E-state index contributed by atoms with van der Waals surface area (Å²) in [5.41, 5.74) is 6.72. The van der Waals surface area contributed by atoms with E-state index in [-0.39, 0.29) is 49.1 Å². The molecule has 0 amide bonds. The number of hydrogen-bond acceptors (Lipinski definition) is 3. The quantitative estimate of drug-likeness (QED) is 0.298. The Morgan fingerprint density at radius 3 is 2.79 bits per heavy atom. The Morgan fingerprint density at radius 1 is 1.46 bits per heavy atom. The number of aliphatic imine (C=N–C) groups is 1. The zero-order chi connectivity index (χ0) is 16.8. The van der Waals surface area contributed by atoms with Crippen LogP contribution in [0.3, 0.4) is 0 Å². The van der Waals surface area contributed by atoms with E-state index in [0.29, 0.717) is 16.0 Å². The molecule has 0 spiro atoms. The van der Waals surface area contributed by atoms with Crippen LogP contribution in [0.4, 0.5) is 0 Å². The average Bonchev–Trinajstić information content (AvgIpc) is 3.29. The summed E-state index contributed by atoms with van der Waals surface area (Å²) in [6, 6.07) is 5.18. The van der Waals surface area contributed by atoms with Gasteiger partial charge in [-0.15, -0.1) is 24.0 Å². The Bertz CT molecular complexity index is 556. The number of hydrogen-bond donors (Lipinski definition) is 3. The molecule has 0 radical (unpaired) electrons. The molecule has 2 rings (SSSR count). The number of guanidine groups is 1. The topological polar surface area (TPSA) is 79.9 Å². The molecule has 1 aliphatic rings. The lowest BCUT2D eigenvalue weighted by Crippen LogP contribution is -2.35. The zero-order valence-corrected chi connectivity index (χ0v) is 17.4. The number of benzene rings is 1. The standard InChI is InChI=1S/C16H23Cl2N3O2.HI/c1-10(14-5-4-12(17)6-15(14)18)21-16(19)20-7-13(22)9-23-8-11-2-3-11;/h4-6,10-11,13,22H,2-3,7-9H2,1H3,(H3,19,20,21);1H. The maximum atomic E-state index is 9.81. The van der Waals surface area contributed by atoms with Crippen molar-refractivity contribution in [1.82, 2.24) is 5.32 Å². The lowest BCUT2D eigenvalue weighted by Gasteiger charge is -2.17. The summed E-state index contributed by atoms with van der Waals surface area (Å²) in [5, 5.41) is 14.0. The fourth-order valence-corrected chi connectivity index (χ4v) is 2.68. The number of halogens is 3. The maximum Gasteiger partial charge on any atom is 0.189 e. The van der Waals surface area contributed by atoms with E-state index < -0.39 is 6.10 Å². The number of ether oxygens (including phenoxy) is 1. The van der Waals surface area contributed by atoms with Crippen molar-refractivity contribution in [2.45, 2.75) is 31.9 Å². The van der Waals surface area contributed by atoms with E-state index in [1.807, 2.05) is 13.0 Å². The summed E-state index contributed by atoms with van der Waals surface area (Å²) in [6.07, 6.45) is 1.82. The molecule has 24 heavy (non-hydrogen) atoms. The molecule has 1 fully saturated rings. The van der Waals surface area contributed by atoms with Gasteiger partial charge in [0.05, 0.1) is 25.3 Å². The van der Waals surface area contributed by atoms with Gasteiger partial charge in [-0.05, 0) is 43.4 Å². The summed E-state index contributed by atoms with van der Waals surface area (Å²) in [7, 11) is 0. The van der Waals surface area contributed by atoms with Crippen molar-refractivity contribution in [2.75, 3.05) is 19.8 Å². The highest BCUT2D eigenvalue weighted by Crippen LogP contribution is 2.28. The van der Waals surface area contributed by atoms with E-state index in [1.54, 1.807) is 12.1 Å². The lowest BCUT2D eigenvalue weighted by atomic mass is 10.1. The predicted molar refractivity (Wildman–Crippen MR) is 109 cm³/mol. The van der Waals surface area contributed by atoms with Crippen LogP contribution in [0.15, 0.2) is 23.2 Å². The molecule has 8 heteroatoms. The molecule has 0 heterocycles. The third-order valence-electron chi connectivity index (χ3n) is 3.63. The number of nitrogens with zero attached hydrogens (tertiary/aromatic N) is 1. The van der Waals surface area contributed by atoms with Gasteiger partial charge in [-0.2, -0.15) is 0 Å². The van der Waals surface area contributed by atoms with Crippen LogP contribution in [0, 0.1) is 5.92 Å². The first kappa shape index (κ1) is 21.8. The first-order valence-corrected chi connectivity index (χ1v) is 8.48. The number of rotatable bonds is 8. The molecule has 1 aromatic carbocycles. The van der Waals surface area contributed by atoms with Gasteiger partial charge >= 0.3 is 0 Å². The fraction of sp³-hybridized carbons (Fsp3) is 0.562. The SMILES string of the molecule is CC(NC(N)=NCC(O)COCC1CC1)c1ccc(Cl)cc1Cl.I. The minimum Gasteiger partial charge on any atom is -0.389 e. The highest BCUT2D eigenvalue weighted by atomic mass is 127. The van der Waals surface area contributed by atoms with Crippen LogP contribution in [-0.4, -0.2) is 36.9 Å². The maximum absolute atomic E-state index is 9.81. The van der Waals surface area contributed by atoms with Crippen molar-refractivity contribution in [3.05, 3.63) is 33.8 Å². The van der Waals surface area contributed by atoms with Gasteiger partial charge < -0.3 is 20.9 Å². The Hall–Kier alpha value is -0.280. The Morgan fingerprint density at radius 2 is 2.17 bits per heavy atom. The third-order valence-corrected chi connectivity index (χ3v) is 4.19. The van der Waals surface area contributed by atoms with Crippen LogP contribution in [0.5, 0.6) is 0 Å². The second-order valence-corrected chi connectivity index (χ2v) is 6.74. The largest absolute Gasteiger partial charge is 0.389 e. The first-order valence-electron chi connectivity index (χ1n) is 7.73. The molecule has 0 saturated heterocycles. The second kappa shape index (κ2) is 10.7. The molecule has 1 saturated carbocycles. The van der Waals surface area contributed by atoms with Gasteiger partial charge in [0.2, 0.25) is 0 Å². The molecule has 1 aliphatic carbocycles. The minimum atomic E-state index is -0.650. The molecule has 0 aliphatic heterocycles. The molecule has 136 valence electrons. The molecule has 0 aromatic heterocycles. The summed E-state index contributed by atoms with van der Waals surface area (Å²) in [6.45, 7) is 3.13. The monoisotopic (exact) mass is 487 g/mol. The Balaban J connectivity index is 0.00000288. The minimum absolute atomic E-state index is 0. The fourth-order valence-electron chi connectivity index (χ4n) is 2.11. The number of aliphatic hydroxyl groups is 1. The van der Waals surface area contributed by atoms with Gasteiger partial charge in [-0.25, -0.2) is 0 Å². The number of nitrogens with one attached hydrogen (secondary N) is 1. The summed E-state index contributed by atoms with van der Waals surface area (Å²) in [5.74, 6) is 0.937. The van der Waals surface area contributed by atoms with Crippen LogP contribution in [0.1, 0.15) is 31.4 Å². The predicted octanol–water partition coefficient (Wildman–Crippen LogP) is 3.36. The number of aliphatic hydroxyl groups excluding tert-OH is 1. The van der Waals surface area contributed by atoms with Gasteiger partial charge in [-0.3, -0.25) is 4.99 Å². The molecular formula is C16H24Cl2IN3O2. The van der Waals surface area contributed by atoms with Gasteiger partial charge in [0.15, 0.2) is 5.96 Å². The van der Waals surface area contributed by atoms with Crippen LogP contribution in [0.25, 0.3) is 0 Å². The second-order valence-electron chi connectivity index (χ2n) is 5.89. The smallest absolute Gasteiger partial charge is 0.189 e. The van der Waals surface area contributed by atoms with Crippen LogP contribution in [0.2, 0.25) is 10.0 Å². The first-order chi connectivity index (χ1) is 11.0. The summed E-state index contributed by atoms with van der Waals surface area (Å²) >= 11 is 12.0. The van der Waals surface area contributed by atoms with E-state index in [9.17, 15) is 5.11 Å². The van der Waals surface area contributed by atoms with Crippen LogP contribution in [-0.2, 0) is 4.74 Å². The molecule has 2 unspecified atom stereocenters. The highest BCUT2D eigenvalue weighted by Gasteiger charge is 2.21. The van der Waals surface area contributed by atoms with Gasteiger partial charge in [0, 0.05) is 16.7 Å². The third kappa shape index (κ3) is 7.74. The zero-order valence-electron chi connectivity index (χ0n) is 13.5. The Kier molecular flexibility index (Phi) is 9.66. The van der Waals surface area contributed by atoms with Gasteiger partial charge in [0.1, 0.15) is 0 Å². The van der Waals surface area contributed by atoms with E-state index in [1.165, 1.54) is 12.8 Å². The van der Waals surface area contributed by atoms with Crippen LogP contribution < -0.4 is 11.1 Å². The van der Waals surface area contributed by atoms with E-state index >= 15 is 0 Å². The Labute approximate surface area is 170 Å². The van der Waals surface area contributed by atoms with Gasteiger partial charge in [-0.1, -0.05) is 29.3 Å². The average molecular weight is 488 g/mol. The number of nitrogens with two attached hydrogens (primary N) is 1.